The minimum absolute atomic E-state index is 0.0326. The quantitative estimate of drug-likeness (QED) is 0.280. The van der Waals surface area contributed by atoms with Crippen LogP contribution >= 0.6 is 0 Å². The number of ether oxygens (including phenoxy) is 4. The summed E-state index contributed by atoms with van der Waals surface area (Å²) in [7, 11) is 0. The van der Waals surface area contributed by atoms with Crippen LogP contribution in [0.2, 0.25) is 0 Å². The van der Waals surface area contributed by atoms with Crippen molar-refractivity contribution in [2.45, 2.75) is 73.5 Å². The van der Waals surface area contributed by atoms with Crippen LogP contribution in [0, 0.1) is 17.8 Å². The molecule has 202 valence electrons. The van der Waals surface area contributed by atoms with Crippen molar-refractivity contribution < 1.29 is 43.2 Å². The van der Waals surface area contributed by atoms with Crippen molar-refractivity contribution in [2.24, 2.45) is 17.8 Å². The number of carboxylic acids is 1. The van der Waals surface area contributed by atoms with Crippen molar-refractivity contribution in [1.29, 1.82) is 0 Å². The van der Waals surface area contributed by atoms with Gasteiger partial charge in [-0.25, -0.2) is 4.79 Å². The molecule has 0 heterocycles. The van der Waals surface area contributed by atoms with Crippen LogP contribution in [0.25, 0.3) is 0 Å². The van der Waals surface area contributed by atoms with Gasteiger partial charge in [0.2, 0.25) is 0 Å². The summed E-state index contributed by atoms with van der Waals surface area (Å²) in [6, 6.07) is 3.52. The zero-order valence-corrected chi connectivity index (χ0v) is 22.2. The Morgan fingerprint density at radius 1 is 0.889 bits per heavy atom. The molecule has 0 saturated heterocycles. The third kappa shape index (κ3) is 11.5. The second-order valence-electron chi connectivity index (χ2n) is 9.65. The molecule has 2 N–H and O–H groups in total. The molecule has 1 aromatic rings. The monoisotopic (exact) mass is 509 g/mol. The molecule has 1 aromatic carbocycles. The maximum atomic E-state index is 12.2. The zero-order chi connectivity index (χ0) is 27.4. The van der Waals surface area contributed by atoms with Gasteiger partial charge < -0.3 is 29.4 Å². The molecular weight excluding hydrogens is 470 g/mol. The van der Waals surface area contributed by atoms with Crippen LogP contribution in [0.15, 0.2) is 18.2 Å². The van der Waals surface area contributed by atoms with E-state index < -0.39 is 48.0 Å². The van der Waals surface area contributed by atoms with E-state index in [0.29, 0.717) is 17.9 Å². The predicted octanol–water partition coefficient (Wildman–Crippen LogP) is 3.98. The van der Waals surface area contributed by atoms with Gasteiger partial charge in [-0.3, -0.25) is 14.4 Å². The summed E-state index contributed by atoms with van der Waals surface area (Å²) in [6.45, 7) is 12.7. The average Bonchev–Trinajstić information content (AvgIpc) is 2.77. The lowest BCUT2D eigenvalue weighted by molar-refractivity contribution is -0.140. The first-order chi connectivity index (χ1) is 16.8. The van der Waals surface area contributed by atoms with Crippen LogP contribution in [-0.4, -0.2) is 54.5 Å². The minimum atomic E-state index is -1.11. The fourth-order valence-corrected chi connectivity index (χ4v) is 2.70. The molecule has 0 aliphatic rings. The number of hydrogen-bond acceptors (Lipinski definition) is 9. The maximum absolute atomic E-state index is 12.2. The Balaban J connectivity index is 2.87. The molecule has 0 radical (unpaired) electrons. The summed E-state index contributed by atoms with van der Waals surface area (Å²) in [5.74, 6) is -2.45. The number of carbonyl (C=O) groups is 4. The van der Waals surface area contributed by atoms with E-state index >= 15 is 0 Å². The van der Waals surface area contributed by atoms with Crippen molar-refractivity contribution in [3.05, 3.63) is 23.8 Å². The number of rotatable bonds is 14. The summed E-state index contributed by atoms with van der Waals surface area (Å²) >= 11 is 0. The Kier molecular flexibility index (Phi) is 12.9. The molecule has 0 spiro atoms. The Labute approximate surface area is 212 Å². The summed E-state index contributed by atoms with van der Waals surface area (Å²) in [5.41, 5.74) is 0.535. The van der Waals surface area contributed by atoms with Gasteiger partial charge in [-0.15, -0.1) is 0 Å². The van der Waals surface area contributed by atoms with E-state index in [1.54, 1.807) is 40.7 Å². The summed E-state index contributed by atoms with van der Waals surface area (Å²) < 4.78 is 20.9. The Bertz CT molecular complexity index is 895. The van der Waals surface area contributed by atoms with Crippen LogP contribution in [-0.2, 0) is 30.3 Å². The number of aliphatic carboxylic acids is 1. The molecule has 0 aliphatic heterocycles. The van der Waals surface area contributed by atoms with E-state index in [1.807, 2.05) is 13.8 Å². The van der Waals surface area contributed by atoms with Gasteiger partial charge in [0.25, 0.3) is 0 Å². The Morgan fingerprint density at radius 2 is 1.47 bits per heavy atom. The number of benzene rings is 1. The average molecular weight is 510 g/mol. The predicted molar refractivity (Wildman–Crippen MR) is 132 cm³/mol. The molecule has 0 fully saturated rings. The van der Waals surface area contributed by atoms with Gasteiger partial charge in [-0.2, -0.15) is 0 Å². The van der Waals surface area contributed by atoms with E-state index in [-0.39, 0.29) is 31.1 Å². The highest BCUT2D eigenvalue weighted by Gasteiger charge is 2.23. The van der Waals surface area contributed by atoms with Gasteiger partial charge in [0.1, 0.15) is 12.1 Å². The number of hydrogen-bond donors (Lipinski definition) is 2. The number of carboxylic acid groups (broad SMARTS) is 1. The number of carbonyl (C=O) groups excluding carboxylic acids is 3. The molecule has 0 bridgehead atoms. The van der Waals surface area contributed by atoms with Gasteiger partial charge in [0.15, 0.2) is 11.5 Å². The molecule has 0 aliphatic carbocycles. The van der Waals surface area contributed by atoms with Crippen LogP contribution < -0.4 is 14.8 Å². The van der Waals surface area contributed by atoms with Crippen molar-refractivity contribution in [1.82, 2.24) is 5.32 Å². The highest BCUT2D eigenvalue weighted by Crippen LogP contribution is 2.30. The summed E-state index contributed by atoms with van der Waals surface area (Å²) in [4.78, 5) is 47.8. The van der Waals surface area contributed by atoms with Crippen LogP contribution in [0.5, 0.6) is 11.5 Å². The zero-order valence-electron chi connectivity index (χ0n) is 22.2. The summed E-state index contributed by atoms with van der Waals surface area (Å²) in [6.07, 6.45) is -0.683. The van der Waals surface area contributed by atoms with Gasteiger partial charge in [-0.1, -0.05) is 47.6 Å². The SMILES string of the molecule is CC(C)CCOC(=O)OC(C)CN[C@@H](Cc1ccc(OC(=O)C(C)C)c(OC(=O)C(C)C)c1)C(=O)O. The first-order valence-electron chi connectivity index (χ1n) is 12.2. The molecular formula is C26H39NO9. The number of esters is 2. The lowest BCUT2D eigenvalue weighted by atomic mass is 10.0. The van der Waals surface area contributed by atoms with Crippen molar-refractivity contribution >= 4 is 24.1 Å². The van der Waals surface area contributed by atoms with E-state index in [9.17, 15) is 24.3 Å². The standard InChI is InChI=1S/C26H39NO9/c1-15(2)10-11-33-26(32)34-18(7)14-27-20(23(28)29)12-19-8-9-21(35-24(30)16(3)4)22(13-19)36-25(31)17(5)6/h8-9,13,15-18,20,27H,10-12,14H2,1-7H3,(H,28,29)/t18?,20-/m0/s1. The fraction of sp³-hybridized carbons (Fsp3) is 0.615. The second kappa shape index (κ2) is 15.1. The molecule has 2 atom stereocenters. The molecule has 0 aromatic heterocycles. The molecule has 10 nitrogen and oxygen atoms in total. The van der Waals surface area contributed by atoms with Crippen molar-refractivity contribution in [3.8, 4) is 11.5 Å². The first kappa shape index (κ1) is 30.9. The normalized spacial score (nSPS) is 12.8. The molecule has 0 saturated carbocycles. The third-order valence-electron chi connectivity index (χ3n) is 4.97. The molecule has 0 amide bonds. The largest absolute Gasteiger partial charge is 0.508 e. The van der Waals surface area contributed by atoms with E-state index in [4.69, 9.17) is 18.9 Å². The highest BCUT2D eigenvalue weighted by atomic mass is 16.7. The molecule has 10 heteroatoms. The Morgan fingerprint density at radius 3 is 2.00 bits per heavy atom. The second-order valence-corrected chi connectivity index (χ2v) is 9.65. The van der Waals surface area contributed by atoms with Crippen LogP contribution in [0.3, 0.4) is 0 Å². The van der Waals surface area contributed by atoms with Gasteiger partial charge in [-0.05, 0) is 43.4 Å². The summed E-state index contributed by atoms with van der Waals surface area (Å²) in [5, 5.41) is 12.5. The lowest BCUT2D eigenvalue weighted by Crippen LogP contribution is -2.42. The third-order valence-corrected chi connectivity index (χ3v) is 4.97. The van der Waals surface area contributed by atoms with Gasteiger partial charge in [0.05, 0.1) is 18.4 Å². The van der Waals surface area contributed by atoms with Crippen molar-refractivity contribution in [2.75, 3.05) is 13.2 Å². The minimum Gasteiger partial charge on any atom is -0.480 e. The van der Waals surface area contributed by atoms with Crippen LogP contribution in [0.4, 0.5) is 4.79 Å². The maximum Gasteiger partial charge on any atom is 0.508 e. The Hall–Kier alpha value is -3.14. The van der Waals surface area contributed by atoms with Crippen LogP contribution in [0.1, 0.15) is 60.5 Å². The molecule has 1 rings (SSSR count). The topological polar surface area (TPSA) is 137 Å². The van der Waals surface area contributed by atoms with Gasteiger partial charge in [0, 0.05) is 6.54 Å². The number of nitrogens with one attached hydrogen (secondary N) is 1. The fourth-order valence-electron chi connectivity index (χ4n) is 2.70. The molecule has 36 heavy (non-hydrogen) atoms. The van der Waals surface area contributed by atoms with E-state index in [2.05, 4.69) is 5.32 Å². The van der Waals surface area contributed by atoms with Crippen molar-refractivity contribution in [3.63, 3.8) is 0 Å². The first-order valence-corrected chi connectivity index (χ1v) is 12.2. The smallest absolute Gasteiger partial charge is 0.480 e. The van der Waals surface area contributed by atoms with Gasteiger partial charge >= 0.3 is 24.1 Å². The molecule has 1 unspecified atom stereocenters. The van der Waals surface area contributed by atoms with E-state index in [1.165, 1.54) is 12.1 Å². The lowest BCUT2D eigenvalue weighted by Gasteiger charge is -2.19. The highest BCUT2D eigenvalue weighted by molar-refractivity contribution is 5.78. The van der Waals surface area contributed by atoms with E-state index in [0.717, 1.165) is 0 Å².